The van der Waals surface area contributed by atoms with Crippen molar-refractivity contribution in [1.82, 2.24) is 4.98 Å². The van der Waals surface area contributed by atoms with Crippen LogP contribution in [0.3, 0.4) is 0 Å². The Balaban J connectivity index is 1.72. The highest BCUT2D eigenvalue weighted by Gasteiger charge is 2.02. The average Bonchev–Trinajstić information content (AvgIpc) is 2.93. The lowest BCUT2D eigenvalue weighted by molar-refractivity contribution is 0.338. The van der Waals surface area contributed by atoms with Crippen molar-refractivity contribution in [1.29, 1.82) is 0 Å². The van der Waals surface area contributed by atoms with E-state index in [4.69, 9.17) is 4.74 Å². The van der Waals surface area contributed by atoms with Crippen LogP contribution in [0.5, 0.6) is 5.75 Å². The number of hydrogen-bond donors (Lipinski definition) is 1. The van der Waals surface area contributed by atoms with Gasteiger partial charge in [0.05, 0.1) is 23.0 Å². The van der Waals surface area contributed by atoms with Crippen LogP contribution < -0.4 is 10.2 Å². The van der Waals surface area contributed by atoms with Gasteiger partial charge in [-0.3, -0.25) is 5.43 Å². The Hall–Kier alpha value is -2.40. The molecule has 0 spiro atoms. The van der Waals surface area contributed by atoms with E-state index in [-0.39, 0.29) is 0 Å². The molecule has 0 unspecified atom stereocenters. The summed E-state index contributed by atoms with van der Waals surface area (Å²) in [6, 6.07) is 14.1. The van der Waals surface area contributed by atoms with Crippen LogP contribution in [0.4, 0.5) is 5.13 Å². The molecule has 5 heteroatoms. The van der Waals surface area contributed by atoms with Gasteiger partial charge in [-0.25, -0.2) is 4.98 Å². The van der Waals surface area contributed by atoms with Gasteiger partial charge in [-0.05, 0) is 43.2 Å². The van der Waals surface area contributed by atoms with Crippen molar-refractivity contribution < 1.29 is 4.74 Å². The highest BCUT2D eigenvalue weighted by Crippen LogP contribution is 2.25. The Bertz CT molecular complexity index is 778. The fraction of sp³-hybridized carbons (Fsp3) is 0.176. The zero-order valence-corrected chi connectivity index (χ0v) is 13.4. The standard InChI is InChI=1S/C17H17N3OS/c1-3-21-15-10-13(9-8-12(15)2)11-18-20-17-19-14-6-4-5-7-16(14)22-17/h4-11H,3H2,1-2H3,(H,19,20)/b18-11+. The van der Waals surface area contributed by atoms with Crippen molar-refractivity contribution in [3.05, 3.63) is 53.6 Å². The van der Waals surface area contributed by atoms with E-state index in [0.717, 1.165) is 32.2 Å². The first-order valence-corrected chi connectivity index (χ1v) is 7.96. The summed E-state index contributed by atoms with van der Waals surface area (Å²) in [5.41, 5.74) is 6.08. The number of benzene rings is 2. The second-order valence-corrected chi connectivity index (χ2v) is 5.85. The van der Waals surface area contributed by atoms with Gasteiger partial charge in [0.25, 0.3) is 0 Å². The van der Waals surface area contributed by atoms with Crippen LogP contribution >= 0.6 is 11.3 Å². The zero-order valence-electron chi connectivity index (χ0n) is 12.5. The lowest BCUT2D eigenvalue weighted by Gasteiger charge is -2.07. The number of thiazole rings is 1. The molecular weight excluding hydrogens is 294 g/mol. The Morgan fingerprint density at radius 3 is 2.95 bits per heavy atom. The first kappa shape index (κ1) is 14.5. The molecule has 0 fully saturated rings. The Morgan fingerprint density at radius 1 is 1.27 bits per heavy atom. The fourth-order valence-corrected chi connectivity index (χ4v) is 2.91. The summed E-state index contributed by atoms with van der Waals surface area (Å²) in [7, 11) is 0. The number of aryl methyl sites for hydroxylation is 1. The monoisotopic (exact) mass is 311 g/mol. The summed E-state index contributed by atoms with van der Waals surface area (Å²) in [6.45, 7) is 4.67. The molecular formula is C17H17N3OS. The molecule has 0 amide bonds. The minimum atomic E-state index is 0.658. The van der Waals surface area contributed by atoms with Crippen LogP contribution in [0.15, 0.2) is 47.6 Å². The SMILES string of the molecule is CCOc1cc(/C=N/Nc2nc3ccccc3s2)ccc1C. The maximum atomic E-state index is 5.59. The van der Waals surface area contributed by atoms with Gasteiger partial charge in [0.2, 0.25) is 5.13 Å². The van der Waals surface area contributed by atoms with Crippen molar-refractivity contribution in [2.45, 2.75) is 13.8 Å². The molecule has 4 nitrogen and oxygen atoms in total. The minimum absolute atomic E-state index is 0.658. The second kappa shape index (κ2) is 6.58. The summed E-state index contributed by atoms with van der Waals surface area (Å²) in [6.07, 6.45) is 1.77. The van der Waals surface area contributed by atoms with Gasteiger partial charge in [-0.15, -0.1) is 0 Å². The number of nitrogens with one attached hydrogen (secondary N) is 1. The van der Waals surface area contributed by atoms with Gasteiger partial charge in [-0.2, -0.15) is 5.10 Å². The lowest BCUT2D eigenvalue weighted by Crippen LogP contribution is -1.96. The van der Waals surface area contributed by atoms with Crippen LogP contribution in [0, 0.1) is 6.92 Å². The van der Waals surface area contributed by atoms with E-state index in [0.29, 0.717) is 6.61 Å². The Labute approximate surface area is 133 Å². The van der Waals surface area contributed by atoms with Gasteiger partial charge in [-0.1, -0.05) is 35.6 Å². The topological polar surface area (TPSA) is 46.5 Å². The summed E-state index contributed by atoms with van der Waals surface area (Å²) >= 11 is 1.59. The predicted octanol–water partition coefficient (Wildman–Crippen LogP) is 4.45. The summed E-state index contributed by atoms with van der Waals surface area (Å²) in [4.78, 5) is 4.47. The summed E-state index contributed by atoms with van der Waals surface area (Å²) in [5, 5.41) is 5.04. The number of hydrazone groups is 1. The number of ether oxygens (including phenoxy) is 1. The minimum Gasteiger partial charge on any atom is -0.494 e. The quantitative estimate of drug-likeness (QED) is 0.559. The van der Waals surface area contributed by atoms with E-state index in [9.17, 15) is 0 Å². The smallest absolute Gasteiger partial charge is 0.204 e. The normalized spacial score (nSPS) is 11.2. The molecule has 0 radical (unpaired) electrons. The third kappa shape index (κ3) is 3.26. The van der Waals surface area contributed by atoms with Crippen LogP contribution in [-0.4, -0.2) is 17.8 Å². The first-order chi connectivity index (χ1) is 10.8. The lowest BCUT2D eigenvalue weighted by atomic mass is 10.1. The van der Waals surface area contributed by atoms with E-state index in [1.807, 2.05) is 50.2 Å². The molecule has 0 saturated heterocycles. The third-order valence-electron chi connectivity index (χ3n) is 3.18. The molecule has 0 aliphatic heterocycles. The first-order valence-electron chi connectivity index (χ1n) is 7.14. The van der Waals surface area contributed by atoms with E-state index in [1.165, 1.54) is 0 Å². The van der Waals surface area contributed by atoms with Crippen molar-refractivity contribution in [2.75, 3.05) is 12.0 Å². The van der Waals surface area contributed by atoms with Crippen LogP contribution in [0.2, 0.25) is 0 Å². The number of aromatic nitrogens is 1. The molecule has 0 atom stereocenters. The maximum Gasteiger partial charge on any atom is 0.204 e. The van der Waals surface area contributed by atoms with Gasteiger partial charge in [0.1, 0.15) is 5.75 Å². The van der Waals surface area contributed by atoms with Gasteiger partial charge in [0, 0.05) is 0 Å². The number of nitrogens with zero attached hydrogens (tertiary/aromatic N) is 2. The summed E-state index contributed by atoms with van der Waals surface area (Å²) in [5.74, 6) is 0.895. The largest absolute Gasteiger partial charge is 0.494 e. The third-order valence-corrected chi connectivity index (χ3v) is 4.12. The average molecular weight is 311 g/mol. The van der Waals surface area contributed by atoms with Crippen LogP contribution in [0.25, 0.3) is 10.2 Å². The molecule has 0 aliphatic rings. The van der Waals surface area contributed by atoms with E-state index >= 15 is 0 Å². The molecule has 1 aromatic heterocycles. The highest BCUT2D eigenvalue weighted by atomic mass is 32.1. The summed E-state index contributed by atoms with van der Waals surface area (Å²) < 4.78 is 6.74. The number of para-hydroxylation sites is 1. The molecule has 0 saturated carbocycles. The van der Waals surface area contributed by atoms with Gasteiger partial charge >= 0.3 is 0 Å². The second-order valence-electron chi connectivity index (χ2n) is 4.81. The molecule has 1 N–H and O–H groups in total. The number of anilines is 1. The molecule has 0 bridgehead atoms. The van der Waals surface area contributed by atoms with Gasteiger partial charge < -0.3 is 4.74 Å². The van der Waals surface area contributed by atoms with Crippen molar-refractivity contribution in [2.24, 2.45) is 5.10 Å². The number of rotatable bonds is 5. The molecule has 112 valence electrons. The molecule has 2 aromatic carbocycles. The Morgan fingerprint density at radius 2 is 2.14 bits per heavy atom. The van der Waals surface area contributed by atoms with Crippen molar-refractivity contribution >= 4 is 32.9 Å². The number of hydrogen-bond acceptors (Lipinski definition) is 5. The van der Waals surface area contributed by atoms with Gasteiger partial charge in [0.15, 0.2) is 0 Å². The van der Waals surface area contributed by atoms with Crippen LogP contribution in [-0.2, 0) is 0 Å². The number of fused-ring (bicyclic) bond motifs is 1. The fourth-order valence-electron chi connectivity index (χ4n) is 2.09. The zero-order chi connectivity index (χ0) is 15.4. The van der Waals surface area contributed by atoms with Crippen molar-refractivity contribution in [3.8, 4) is 5.75 Å². The van der Waals surface area contributed by atoms with Crippen LogP contribution in [0.1, 0.15) is 18.1 Å². The maximum absolute atomic E-state index is 5.59. The molecule has 1 heterocycles. The van der Waals surface area contributed by atoms with Crippen molar-refractivity contribution in [3.63, 3.8) is 0 Å². The predicted molar refractivity (Wildman–Crippen MR) is 93.2 cm³/mol. The molecule has 3 rings (SSSR count). The Kier molecular flexibility index (Phi) is 4.34. The van der Waals surface area contributed by atoms with E-state index < -0.39 is 0 Å². The van der Waals surface area contributed by atoms with E-state index in [2.05, 4.69) is 21.6 Å². The molecule has 0 aliphatic carbocycles. The highest BCUT2D eigenvalue weighted by molar-refractivity contribution is 7.22. The molecule has 22 heavy (non-hydrogen) atoms. The van der Waals surface area contributed by atoms with E-state index in [1.54, 1.807) is 17.6 Å². The molecule has 3 aromatic rings.